The Kier molecular flexibility index (Phi) is 5.38. The summed E-state index contributed by atoms with van der Waals surface area (Å²) in [6.45, 7) is 3.64. The van der Waals surface area contributed by atoms with Gasteiger partial charge in [-0.3, -0.25) is 9.48 Å². The van der Waals surface area contributed by atoms with E-state index in [9.17, 15) is 9.90 Å². The average molecular weight is 343 g/mol. The minimum absolute atomic E-state index is 0.0383. The van der Waals surface area contributed by atoms with E-state index in [0.29, 0.717) is 25.9 Å². The van der Waals surface area contributed by atoms with Crippen molar-refractivity contribution in [3.63, 3.8) is 0 Å². The second-order valence-electron chi connectivity index (χ2n) is 6.78. The van der Waals surface area contributed by atoms with Gasteiger partial charge in [-0.15, -0.1) is 0 Å². The molecule has 25 heavy (non-hydrogen) atoms. The average Bonchev–Trinajstić information content (AvgIpc) is 2.90. The number of benzene rings is 1. The number of carbonyl (C=O) groups is 1. The van der Waals surface area contributed by atoms with Crippen molar-refractivity contribution in [2.24, 2.45) is 0 Å². The first-order chi connectivity index (χ1) is 12.0. The van der Waals surface area contributed by atoms with Crippen LogP contribution in [-0.4, -0.2) is 51.0 Å². The largest absolute Gasteiger partial charge is 0.491 e. The van der Waals surface area contributed by atoms with Gasteiger partial charge in [0.2, 0.25) is 5.91 Å². The summed E-state index contributed by atoms with van der Waals surface area (Å²) in [5, 5.41) is 15.0. The third-order valence-electron chi connectivity index (χ3n) is 4.58. The molecule has 0 spiro atoms. The number of hydrogen-bond acceptors (Lipinski definition) is 4. The molecule has 6 heteroatoms. The summed E-state index contributed by atoms with van der Waals surface area (Å²) >= 11 is 0. The van der Waals surface area contributed by atoms with E-state index < -0.39 is 5.60 Å². The van der Waals surface area contributed by atoms with Gasteiger partial charge in [-0.05, 0) is 43.9 Å². The van der Waals surface area contributed by atoms with Gasteiger partial charge in [-0.2, -0.15) is 5.10 Å². The monoisotopic (exact) mass is 343 g/mol. The first-order valence-electron chi connectivity index (χ1n) is 8.71. The van der Waals surface area contributed by atoms with E-state index in [1.54, 1.807) is 10.9 Å². The van der Waals surface area contributed by atoms with Gasteiger partial charge in [0.25, 0.3) is 0 Å². The molecule has 1 saturated heterocycles. The number of aromatic nitrogens is 2. The third kappa shape index (κ3) is 4.82. The van der Waals surface area contributed by atoms with Crippen LogP contribution in [0.25, 0.3) is 0 Å². The van der Waals surface area contributed by atoms with E-state index in [4.69, 9.17) is 4.74 Å². The molecule has 1 unspecified atom stereocenters. The molecule has 3 rings (SSSR count). The Bertz CT molecular complexity index is 701. The normalized spacial score (nSPS) is 21.0. The summed E-state index contributed by atoms with van der Waals surface area (Å²) in [5.74, 6) is 0.790. The van der Waals surface area contributed by atoms with Crippen LogP contribution in [0.3, 0.4) is 0 Å². The predicted molar refractivity (Wildman–Crippen MR) is 94.3 cm³/mol. The zero-order chi connectivity index (χ0) is 17.7. The topological polar surface area (TPSA) is 67.6 Å². The fraction of sp³-hybridized carbons (Fsp3) is 0.474. The molecule has 1 aromatic heterocycles. The highest BCUT2D eigenvalue weighted by Gasteiger charge is 2.32. The third-order valence-corrected chi connectivity index (χ3v) is 4.58. The highest BCUT2D eigenvalue weighted by Crippen LogP contribution is 2.24. The molecular formula is C19H25N3O3. The number of ether oxygens (including phenoxy) is 1. The van der Waals surface area contributed by atoms with Gasteiger partial charge in [0.05, 0.1) is 6.20 Å². The zero-order valence-electron chi connectivity index (χ0n) is 14.6. The molecule has 2 aromatic rings. The predicted octanol–water partition coefficient (Wildman–Crippen LogP) is 2.01. The molecule has 0 saturated carbocycles. The van der Waals surface area contributed by atoms with Crippen molar-refractivity contribution in [2.45, 2.75) is 38.3 Å². The standard InChI is InChI=1S/C19H25N3O3/c1-16-12-20-22(13-16)14-18(23)21-10-5-8-19(24,9-11-21)15-25-17-6-3-2-4-7-17/h2-4,6-7,12-13,24H,5,8-11,14-15H2,1H3. The Morgan fingerprint density at radius 2 is 2.08 bits per heavy atom. The summed E-state index contributed by atoms with van der Waals surface area (Å²) in [4.78, 5) is 14.3. The summed E-state index contributed by atoms with van der Waals surface area (Å²) < 4.78 is 7.39. The molecule has 0 aliphatic carbocycles. The second kappa shape index (κ2) is 7.70. The molecule has 1 fully saturated rings. The molecule has 1 atom stereocenters. The van der Waals surface area contributed by atoms with E-state index in [1.165, 1.54) is 0 Å². The second-order valence-corrected chi connectivity index (χ2v) is 6.78. The number of carbonyl (C=O) groups excluding carboxylic acids is 1. The number of likely N-dealkylation sites (tertiary alicyclic amines) is 1. The van der Waals surface area contributed by atoms with E-state index in [2.05, 4.69) is 5.10 Å². The Hall–Kier alpha value is -2.34. The maximum absolute atomic E-state index is 12.5. The highest BCUT2D eigenvalue weighted by atomic mass is 16.5. The van der Waals surface area contributed by atoms with E-state index in [1.807, 2.05) is 48.4 Å². The van der Waals surface area contributed by atoms with Crippen LogP contribution in [-0.2, 0) is 11.3 Å². The fourth-order valence-corrected chi connectivity index (χ4v) is 3.10. The van der Waals surface area contributed by atoms with Crippen LogP contribution in [0.2, 0.25) is 0 Å². The first kappa shape index (κ1) is 17.5. The van der Waals surface area contributed by atoms with Crippen molar-refractivity contribution < 1.29 is 14.6 Å². The molecule has 1 amide bonds. The molecule has 1 N–H and O–H groups in total. The van der Waals surface area contributed by atoms with Crippen LogP contribution in [0.4, 0.5) is 0 Å². The summed E-state index contributed by atoms with van der Waals surface area (Å²) in [7, 11) is 0. The van der Waals surface area contributed by atoms with Gasteiger partial charge in [-0.1, -0.05) is 18.2 Å². The van der Waals surface area contributed by atoms with Crippen LogP contribution in [0.5, 0.6) is 5.75 Å². The van der Waals surface area contributed by atoms with Crippen LogP contribution in [0, 0.1) is 6.92 Å². The maximum atomic E-state index is 12.5. The van der Waals surface area contributed by atoms with Crippen LogP contribution in [0.1, 0.15) is 24.8 Å². The van der Waals surface area contributed by atoms with E-state index in [-0.39, 0.29) is 19.1 Å². The van der Waals surface area contributed by atoms with Crippen molar-refractivity contribution >= 4 is 5.91 Å². The van der Waals surface area contributed by atoms with E-state index in [0.717, 1.165) is 17.7 Å². The summed E-state index contributed by atoms with van der Waals surface area (Å²) in [6.07, 6.45) is 5.52. The lowest BCUT2D eigenvalue weighted by molar-refractivity contribution is -0.132. The smallest absolute Gasteiger partial charge is 0.244 e. The Balaban J connectivity index is 1.53. The molecular weight excluding hydrogens is 318 g/mol. The number of amides is 1. The SMILES string of the molecule is Cc1cnn(CC(=O)N2CCCC(O)(COc3ccccc3)CC2)c1. The molecule has 2 heterocycles. The lowest BCUT2D eigenvalue weighted by atomic mass is 9.96. The Morgan fingerprint density at radius 3 is 2.80 bits per heavy atom. The van der Waals surface area contributed by atoms with Crippen molar-refractivity contribution in [3.8, 4) is 5.75 Å². The summed E-state index contributed by atoms with van der Waals surface area (Å²) in [6, 6.07) is 9.50. The van der Waals surface area contributed by atoms with Gasteiger partial charge >= 0.3 is 0 Å². The molecule has 1 aromatic carbocycles. The highest BCUT2D eigenvalue weighted by molar-refractivity contribution is 5.75. The van der Waals surface area contributed by atoms with Crippen molar-refractivity contribution in [3.05, 3.63) is 48.3 Å². The van der Waals surface area contributed by atoms with Gasteiger partial charge in [-0.25, -0.2) is 0 Å². The molecule has 0 radical (unpaired) electrons. The minimum Gasteiger partial charge on any atom is -0.491 e. The van der Waals surface area contributed by atoms with Crippen LogP contribution >= 0.6 is 0 Å². The van der Waals surface area contributed by atoms with Crippen molar-refractivity contribution in [1.82, 2.24) is 14.7 Å². The lowest BCUT2D eigenvalue weighted by Gasteiger charge is -2.27. The van der Waals surface area contributed by atoms with Gasteiger partial charge in [0.15, 0.2) is 0 Å². The number of hydrogen-bond donors (Lipinski definition) is 1. The first-order valence-corrected chi connectivity index (χ1v) is 8.71. The van der Waals surface area contributed by atoms with Gasteiger partial charge in [0.1, 0.15) is 24.5 Å². The maximum Gasteiger partial charge on any atom is 0.244 e. The molecule has 0 bridgehead atoms. The lowest BCUT2D eigenvalue weighted by Crippen LogP contribution is -2.39. The van der Waals surface area contributed by atoms with Gasteiger partial charge < -0.3 is 14.7 Å². The summed E-state index contributed by atoms with van der Waals surface area (Å²) in [5.41, 5.74) is 0.142. The van der Waals surface area contributed by atoms with Crippen LogP contribution in [0.15, 0.2) is 42.7 Å². The minimum atomic E-state index is -0.896. The fourth-order valence-electron chi connectivity index (χ4n) is 3.10. The quantitative estimate of drug-likeness (QED) is 0.902. The van der Waals surface area contributed by atoms with Gasteiger partial charge in [0, 0.05) is 19.3 Å². The molecule has 1 aliphatic heterocycles. The Labute approximate surface area is 148 Å². The number of nitrogens with zero attached hydrogens (tertiary/aromatic N) is 3. The zero-order valence-corrected chi connectivity index (χ0v) is 14.6. The molecule has 1 aliphatic rings. The number of rotatable bonds is 5. The number of para-hydroxylation sites is 1. The molecule has 6 nitrogen and oxygen atoms in total. The molecule has 134 valence electrons. The van der Waals surface area contributed by atoms with Crippen molar-refractivity contribution in [1.29, 1.82) is 0 Å². The Morgan fingerprint density at radius 1 is 1.28 bits per heavy atom. The van der Waals surface area contributed by atoms with Crippen molar-refractivity contribution in [2.75, 3.05) is 19.7 Å². The number of aliphatic hydroxyl groups is 1. The van der Waals surface area contributed by atoms with Crippen LogP contribution < -0.4 is 4.74 Å². The number of aryl methyl sites for hydroxylation is 1. The van der Waals surface area contributed by atoms with E-state index >= 15 is 0 Å².